The van der Waals surface area contributed by atoms with Crippen LogP contribution in [0.1, 0.15) is 36.5 Å². The van der Waals surface area contributed by atoms with Gasteiger partial charge in [-0.1, -0.05) is 30.7 Å². The summed E-state index contributed by atoms with van der Waals surface area (Å²) in [6, 6.07) is 10.2. The summed E-state index contributed by atoms with van der Waals surface area (Å²) in [5.41, 5.74) is 3.59. The summed E-state index contributed by atoms with van der Waals surface area (Å²) in [5.74, 6) is -1.63. The Hall–Kier alpha value is -2.33. The van der Waals surface area contributed by atoms with Crippen LogP contribution >= 0.6 is 11.6 Å². The van der Waals surface area contributed by atoms with Crippen molar-refractivity contribution in [2.24, 2.45) is 4.99 Å². The van der Waals surface area contributed by atoms with E-state index >= 15 is 0 Å². The summed E-state index contributed by atoms with van der Waals surface area (Å²) in [6.45, 7) is 4.15. The highest BCUT2D eigenvalue weighted by molar-refractivity contribution is 6.32. The molecular formula is C20H15ClF2N2. The molecule has 4 rings (SSSR count). The van der Waals surface area contributed by atoms with Gasteiger partial charge in [0.1, 0.15) is 5.52 Å². The van der Waals surface area contributed by atoms with E-state index in [0.717, 1.165) is 28.5 Å². The van der Waals surface area contributed by atoms with Gasteiger partial charge in [-0.05, 0) is 36.8 Å². The Bertz CT molecular complexity index is 1030. The van der Waals surface area contributed by atoms with Gasteiger partial charge in [0, 0.05) is 33.7 Å². The molecule has 25 heavy (non-hydrogen) atoms. The first-order valence-electron chi connectivity index (χ1n) is 8.08. The maximum atomic E-state index is 13.9. The molecule has 0 amide bonds. The first-order valence-corrected chi connectivity index (χ1v) is 8.46. The molecule has 5 heteroatoms. The summed E-state index contributed by atoms with van der Waals surface area (Å²) < 4.78 is 27.3. The van der Waals surface area contributed by atoms with E-state index < -0.39 is 11.6 Å². The molecule has 0 radical (unpaired) electrons. The number of fused-ring (bicyclic) bond motifs is 2. The minimum Gasteiger partial charge on any atom is -0.280 e. The van der Waals surface area contributed by atoms with Gasteiger partial charge in [0.05, 0.1) is 11.8 Å². The standard InChI is InChI=1S/C20H15ClF2N2/c1-10-11(2)25-19(14-4-3-5-15(21)17(10)14)13-8-12-6-7-16(22)18(23)20(12)24-9-13/h3-11H,1-2H3. The Balaban J connectivity index is 1.93. The highest BCUT2D eigenvalue weighted by Crippen LogP contribution is 2.37. The first-order chi connectivity index (χ1) is 12.0. The van der Waals surface area contributed by atoms with Crippen molar-refractivity contribution in [3.05, 3.63) is 75.9 Å². The van der Waals surface area contributed by atoms with E-state index in [-0.39, 0.29) is 17.5 Å². The second-order valence-electron chi connectivity index (χ2n) is 6.37. The number of benzene rings is 2. The number of pyridine rings is 1. The molecule has 1 aliphatic heterocycles. The molecule has 126 valence electrons. The fourth-order valence-electron chi connectivity index (χ4n) is 3.33. The lowest BCUT2D eigenvalue weighted by Gasteiger charge is -2.28. The predicted molar refractivity (Wildman–Crippen MR) is 96.6 cm³/mol. The molecule has 0 fully saturated rings. The molecular weight excluding hydrogens is 342 g/mol. The van der Waals surface area contributed by atoms with Gasteiger partial charge in [0.2, 0.25) is 0 Å². The predicted octanol–water partition coefficient (Wildman–Crippen LogP) is 5.51. The minimum atomic E-state index is -0.930. The second kappa shape index (κ2) is 5.88. The molecule has 0 aliphatic carbocycles. The van der Waals surface area contributed by atoms with Gasteiger partial charge in [0.15, 0.2) is 11.6 Å². The molecule has 0 saturated carbocycles. The van der Waals surface area contributed by atoms with E-state index in [1.807, 2.05) is 25.1 Å². The van der Waals surface area contributed by atoms with Gasteiger partial charge in [-0.15, -0.1) is 0 Å². The third-order valence-electron chi connectivity index (χ3n) is 4.84. The van der Waals surface area contributed by atoms with E-state index in [0.29, 0.717) is 10.4 Å². The van der Waals surface area contributed by atoms with Crippen LogP contribution in [0.4, 0.5) is 8.78 Å². The lowest BCUT2D eigenvalue weighted by atomic mass is 9.84. The topological polar surface area (TPSA) is 25.2 Å². The summed E-state index contributed by atoms with van der Waals surface area (Å²) in [5, 5.41) is 1.25. The molecule has 2 heterocycles. The average Bonchev–Trinajstić information content (AvgIpc) is 2.61. The minimum absolute atomic E-state index is 0.0212. The van der Waals surface area contributed by atoms with E-state index in [2.05, 4.69) is 11.9 Å². The molecule has 1 aromatic heterocycles. The second-order valence-corrected chi connectivity index (χ2v) is 6.77. The molecule has 0 bridgehead atoms. The van der Waals surface area contributed by atoms with Crippen LogP contribution in [0.2, 0.25) is 5.02 Å². The van der Waals surface area contributed by atoms with Crippen LogP contribution in [-0.2, 0) is 0 Å². The van der Waals surface area contributed by atoms with Crippen molar-refractivity contribution in [1.29, 1.82) is 0 Å². The Morgan fingerprint density at radius 2 is 1.88 bits per heavy atom. The van der Waals surface area contributed by atoms with Gasteiger partial charge in [-0.2, -0.15) is 0 Å². The highest BCUT2D eigenvalue weighted by atomic mass is 35.5. The summed E-state index contributed by atoms with van der Waals surface area (Å²) in [7, 11) is 0. The fourth-order valence-corrected chi connectivity index (χ4v) is 3.68. The van der Waals surface area contributed by atoms with Crippen LogP contribution in [0.5, 0.6) is 0 Å². The Labute approximate surface area is 149 Å². The van der Waals surface area contributed by atoms with Crippen molar-refractivity contribution in [3.63, 3.8) is 0 Å². The van der Waals surface area contributed by atoms with E-state index in [9.17, 15) is 8.78 Å². The van der Waals surface area contributed by atoms with Crippen LogP contribution in [0.3, 0.4) is 0 Å². The lowest BCUT2D eigenvalue weighted by Crippen LogP contribution is -2.23. The Morgan fingerprint density at radius 3 is 2.68 bits per heavy atom. The molecule has 3 aromatic rings. The van der Waals surface area contributed by atoms with Gasteiger partial charge in [0.25, 0.3) is 0 Å². The highest BCUT2D eigenvalue weighted by Gasteiger charge is 2.28. The number of hydrogen-bond donors (Lipinski definition) is 0. The maximum Gasteiger partial charge on any atom is 0.184 e. The molecule has 2 nitrogen and oxygen atoms in total. The van der Waals surface area contributed by atoms with Gasteiger partial charge in [-0.25, -0.2) is 8.78 Å². The third kappa shape index (κ3) is 2.52. The average molecular weight is 357 g/mol. The van der Waals surface area contributed by atoms with E-state index in [1.165, 1.54) is 12.3 Å². The summed E-state index contributed by atoms with van der Waals surface area (Å²) in [6.07, 6.45) is 1.54. The number of rotatable bonds is 1. The third-order valence-corrected chi connectivity index (χ3v) is 5.17. The first kappa shape index (κ1) is 16.2. The zero-order valence-electron chi connectivity index (χ0n) is 13.7. The number of nitrogens with zero attached hydrogens (tertiary/aromatic N) is 2. The van der Waals surface area contributed by atoms with Crippen molar-refractivity contribution in [2.45, 2.75) is 25.8 Å². The van der Waals surface area contributed by atoms with Crippen LogP contribution in [0.25, 0.3) is 10.9 Å². The van der Waals surface area contributed by atoms with E-state index in [4.69, 9.17) is 16.6 Å². The molecule has 1 aliphatic rings. The smallest absolute Gasteiger partial charge is 0.184 e. The Morgan fingerprint density at radius 1 is 1.08 bits per heavy atom. The molecule has 0 saturated heterocycles. The quantitative estimate of drug-likeness (QED) is 0.564. The maximum absolute atomic E-state index is 13.9. The summed E-state index contributed by atoms with van der Waals surface area (Å²) >= 11 is 6.43. The van der Waals surface area contributed by atoms with Crippen molar-refractivity contribution in [2.75, 3.05) is 0 Å². The number of aliphatic imine (C=N–C) groups is 1. The van der Waals surface area contributed by atoms with Crippen LogP contribution in [0.15, 0.2) is 47.6 Å². The molecule has 0 N–H and O–H groups in total. The monoisotopic (exact) mass is 356 g/mol. The Kier molecular flexibility index (Phi) is 3.80. The van der Waals surface area contributed by atoms with Crippen LogP contribution in [-0.4, -0.2) is 16.7 Å². The van der Waals surface area contributed by atoms with Gasteiger partial charge >= 0.3 is 0 Å². The normalized spacial score (nSPS) is 19.6. The summed E-state index contributed by atoms with van der Waals surface area (Å²) in [4.78, 5) is 8.94. The molecule has 0 spiro atoms. The van der Waals surface area contributed by atoms with Crippen molar-refractivity contribution in [1.82, 2.24) is 4.98 Å². The molecule has 2 atom stereocenters. The number of aromatic nitrogens is 1. The van der Waals surface area contributed by atoms with Gasteiger partial charge in [-0.3, -0.25) is 9.98 Å². The largest absolute Gasteiger partial charge is 0.280 e. The lowest BCUT2D eigenvalue weighted by molar-refractivity contribution is 0.515. The van der Waals surface area contributed by atoms with Crippen molar-refractivity contribution < 1.29 is 8.78 Å². The SMILES string of the molecule is CC1N=C(c2cnc3c(F)c(F)ccc3c2)c2cccc(Cl)c2C1C. The van der Waals surface area contributed by atoms with Crippen molar-refractivity contribution >= 4 is 28.2 Å². The molecule has 2 aromatic carbocycles. The fraction of sp³-hybridized carbons (Fsp3) is 0.200. The molecule has 2 unspecified atom stereocenters. The van der Waals surface area contributed by atoms with Crippen LogP contribution < -0.4 is 0 Å². The van der Waals surface area contributed by atoms with E-state index in [1.54, 1.807) is 6.07 Å². The number of halogens is 3. The number of hydrogen-bond acceptors (Lipinski definition) is 2. The van der Waals surface area contributed by atoms with Gasteiger partial charge < -0.3 is 0 Å². The zero-order valence-corrected chi connectivity index (χ0v) is 14.5. The zero-order chi connectivity index (χ0) is 17.7. The van der Waals surface area contributed by atoms with Crippen molar-refractivity contribution in [3.8, 4) is 0 Å². The van der Waals surface area contributed by atoms with Crippen LogP contribution in [0, 0.1) is 11.6 Å².